The monoisotopic (exact) mass is 387 g/mol. The van der Waals surface area contributed by atoms with Crippen molar-refractivity contribution in [2.45, 2.75) is 0 Å². The van der Waals surface area contributed by atoms with Gasteiger partial charge >= 0.3 is 17.9 Å². The third-order valence-corrected chi connectivity index (χ3v) is 3.86. The van der Waals surface area contributed by atoms with Crippen molar-refractivity contribution in [2.24, 2.45) is 0 Å². The van der Waals surface area contributed by atoms with Gasteiger partial charge in [0.15, 0.2) is 0 Å². The van der Waals surface area contributed by atoms with Gasteiger partial charge in [0.1, 0.15) is 23.8 Å². The Morgan fingerprint density at radius 3 is 2.23 bits per heavy atom. The average molecular weight is 388 g/mol. The first kappa shape index (κ1) is 19.7. The van der Waals surface area contributed by atoms with Gasteiger partial charge in [0, 0.05) is 5.69 Å². The number of carbonyl (C=O) groups excluding carboxylic acids is 3. The number of hydrogen-bond donors (Lipinski definition) is 0. The summed E-state index contributed by atoms with van der Waals surface area (Å²) in [5.41, 5.74) is -0.652. The van der Waals surface area contributed by atoms with E-state index in [1.54, 1.807) is 0 Å². The predicted molar refractivity (Wildman–Crippen MR) is 87.1 cm³/mol. The summed E-state index contributed by atoms with van der Waals surface area (Å²) in [6.45, 7) is -0.373. The van der Waals surface area contributed by atoms with Crippen molar-refractivity contribution in [1.82, 2.24) is 0 Å². The normalized spacial score (nSPS) is 14.1. The molecule has 0 N–H and O–H groups in total. The molecule has 0 atom stereocenters. The van der Waals surface area contributed by atoms with Gasteiger partial charge in [-0.2, -0.15) is 0 Å². The molecular formula is C16H15ClFNO7. The summed E-state index contributed by atoms with van der Waals surface area (Å²) in [6.07, 6.45) is 0. The Morgan fingerprint density at radius 1 is 1.08 bits per heavy atom. The molecule has 1 aromatic rings. The van der Waals surface area contributed by atoms with Crippen molar-refractivity contribution < 1.29 is 37.7 Å². The minimum Gasteiger partial charge on any atom is -0.466 e. The molecule has 0 radical (unpaired) electrons. The maximum atomic E-state index is 14.4. The van der Waals surface area contributed by atoms with Crippen molar-refractivity contribution in [3.05, 3.63) is 39.8 Å². The van der Waals surface area contributed by atoms with Gasteiger partial charge in [0.25, 0.3) is 0 Å². The Morgan fingerprint density at radius 2 is 1.69 bits per heavy atom. The molecule has 1 aromatic carbocycles. The van der Waals surface area contributed by atoms with Crippen LogP contribution in [-0.4, -0.2) is 52.6 Å². The summed E-state index contributed by atoms with van der Waals surface area (Å²) in [5, 5.41) is -0.235. The Bertz CT molecular complexity index is 770. The molecule has 1 aliphatic rings. The number of hydrogen-bond acceptors (Lipinski definition) is 8. The van der Waals surface area contributed by atoms with Crippen LogP contribution in [0.25, 0.3) is 0 Å². The number of ether oxygens (including phenoxy) is 4. The number of carbonyl (C=O) groups is 3. The van der Waals surface area contributed by atoms with E-state index >= 15 is 0 Å². The quantitative estimate of drug-likeness (QED) is 0.569. The summed E-state index contributed by atoms with van der Waals surface area (Å²) >= 11 is 5.98. The van der Waals surface area contributed by atoms with Crippen LogP contribution in [0.15, 0.2) is 23.4 Å². The molecular weight excluding hydrogens is 373 g/mol. The molecule has 0 unspecified atom stereocenters. The third kappa shape index (κ3) is 3.63. The zero-order valence-corrected chi connectivity index (χ0v) is 14.9. The highest BCUT2D eigenvalue weighted by Crippen LogP contribution is 2.32. The molecule has 26 heavy (non-hydrogen) atoms. The fourth-order valence-corrected chi connectivity index (χ4v) is 2.64. The van der Waals surface area contributed by atoms with E-state index in [1.807, 2.05) is 0 Å². The van der Waals surface area contributed by atoms with Crippen LogP contribution in [0.4, 0.5) is 10.1 Å². The minimum absolute atomic E-state index is 0.0710. The summed E-state index contributed by atoms with van der Waals surface area (Å²) in [7, 11) is 3.36. The molecule has 8 nitrogen and oxygen atoms in total. The number of rotatable bonds is 4. The highest BCUT2D eigenvalue weighted by molar-refractivity contribution is 6.34. The first-order chi connectivity index (χ1) is 12.3. The van der Waals surface area contributed by atoms with Crippen LogP contribution in [0.2, 0.25) is 5.02 Å². The molecule has 0 spiro atoms. The maximum Gasteiger partial charge on any atom is 0.355 e. The molecule has 2 rings (SSSR count). The van der Waals surface area contributed by atoms with E-state index < -0.39 is 29.3 Å². The summed E-state index contributed by atoms with van der Waals surface area (Å²) < 4.78 is 33.5. The molecule has 1 aliphatic heterocycles. The SMILES string of the molecule is COC(=O)C1=C(C(=O)OC)N(c2cc(F)c(C(=O)OC)c(Cl)c2)COC1. The fraction of sp³-hybridized carbons (Fsp3) is 0.312. The lowest BCUT2D eigenvalue weighted by Crippen LogP contribution is -2.38. The molecule has 0 saturated heterocycles. The number of nitrogens with zero attached hydrogens (tertiary/aromatic N) is 1. The van der Waals surface area contributed by atoms with Crippen LogP contribution in [0.3, 0.4) is 0 Å². The molecule has 0 amide bonds. The van der Waals surface area contributed by atoms with Gasteiger partial charge in [-0.05, 0) is 12.1 Å². The summed E-state index contributed by atoms with van der Waals surface area (Å²) in [4.78, 5) is 36.9. The zero-order chi connectivity index (χ0) is 19.4. The van der Waals surface area contributed by atoms with Gasteiger partial charge < -0.3 is 23.8 Å². The Kier molecular flexibility index (Phi) is 6.17. The summed E-state index contributed by atoms with van der Waals surface area (Å²) in [6, 6.07) is 2.20. The number of halogens is 2. The van der Waals surface area contributed by atoms with E-state index in [0.717, 1.165) is 27.4 Å². The highest BCUT2D eigenvalue weighted by Gasteiger charge is 2.33. The zero-order valence-electron chi connectivity index (χ0n) is 14.1. The summed E-state index contributed by atoms with van der Waals surface area (Å²) in [5.74, 6) is -3.56. The molecule has 0 bridgehead atoms. The van der Waals surface area contributed by atoms with Crippen molar-refractivity contribution in [3.8, 4) is 0 Å². The van der Waals surface area contributed by atoms with Crippen LogP contribution in [0, 0.1) is 5.82 Å². The Balaban J connectivity index is 2.60. The van der Waals surface area contributed by atoms with Gasteiger partial charge in [-0.1, -0.05) is 11.6 Å². The number of benzene rings is 1. The fourth-order valence-electron chi connectivity index (χ4n) is 2.36. The largest absolute Gasteiger partial charge is 0.466 e. The standard InChI is InChI=1S/C16H15ClFNO7/c1-23-14(20)9-6-26-7-19(13(9)16(22)25-3)8-4-10(17)12(11(18)5-8)15(21)24-2/h4-5H,6-7H2,1-3H3. The second-order valence-electron chi connectivity index (χ2n) is 4.99. The van der Waals surface area contributed by atoms with Gasteiger partial charge in [-0.3, -0.25) is 0 Å². The van der Waals surface area contributed by atoms with Crippen LogP contribution in [0.1, 0.15) is 10.4 Å². The van der Waals surface area contributed by atoms with E-state index in [4.69, 9.17) is 21.1 Å². The van der Waals surface area contributed by atoms with Gasteiger partial charge in [0.2, 0.25) is 0 Å². The first-order valence-corrected chi connectivity index (χ1v) is 7.55. The molecule has 0 aliphatic carbocycles. The topological polar surface area (TPSA) is 91.4 Å². The molecule has 0 saturated carbocycles. The van der Waals surface area contributed by atoms with E-state index in [0.29, 0.717) is 0 Å². The minimum atomic E-state index is -0.964. The highest BCUT2D eigenvalue weighted by atomic mass is 35.5. The van der Waals surface area contributed by atoms with Crippen molar-refractivity contribution in [3.63, 3.8) is 0 Å². The molecule has 0 fully saturated rings. The van der Waals surface area contributed by atoms with Crippen molar-refractivity contribution >= 4 is 35.2 Å². The lowest BCUT2D eigenvalue weighted by atomic mass is 10.1. The van der Waals surface area contributed by atoms with E-state index in [2.05, 4.69) is 9.47 Å². The van der Waals surface area contributed by atoms with Crippen LogP contribution >= 0.6 is 11.6 Å². The lowest BCUT2D eigenvalue weighted by Gasteiger charge is -2.31. The van der Waals surface area contributed by atoms with Crippen LogP contribution < -0.4 is 4.90 Å². The van der Waals surface area contributed by atoms with Crippen LogP contribution in [0.5, 0.6) is 0 Å². The van der Waals surface area contributed by atoms with Crippen LogP contribution in [-0.2, 0) is 28.5 Å². The molecule has 140 valence electrons. The van der Waals surface area contributed by atoms with Crippen molar-refractivity contribution in [1.29, 1.82) is 0 Å². The molecule has 0 aromatic heterocycles. The smallest absolute Gasteiger partial charge is 0.355 e. The van der Waals surface area contributed by atoms with E-state index in [1.165, 1.54) is 11.0 Å². The molecule has 1 heterocycles. The Labute approximate surface area is 153 Å². The van der Waals surface area contributed by atoms with E-state index in [9.17, 15) is 18.8 Å². The number of esters is 3. The number of anilines is 1. The van der Waals surface area contributed by atoms with Crippen molar-refractivity contribution in [2.75, 3.05) is 39.6 Å². The Hall–Kier alpha value is -2.65. The van der Waals surface area contributed by atoms with Gasteiger partial charge in [0.05, 0.1) is 38.5 Å². The average Bonchev–Trinajstić information content (AvgIpc) is 2.65. The van der Waals surface area contributed by atoms with Gasteiger partial charge in [-0.25, -0.2) is 18.8 Å². The second-order valence-corrected chi connectivity index (χ2v) is 5.40. The first-order valence-electron chi connectivity index (χ1n) is 7.18. The van der Waals surface area contributed by atoms with Gasteiger partial charge in [-0.15, -0.1) is 0 Å². The third-order valence-electron chi connectivity index (χ3n) is 3.56. The second kappa shape index (κ2) is 8.15. The molecule has 10 heteroatoms. The van der Waals surface area contributed by atoms with E-state index in [-0.39, 0.29) is 35.3 Å². The number of methoxy groups -OCH3 is 3. The maximum absolute atomic E-state index is 14.4. The predicted octanol–water partition coefficient (Wildman–Crippen LogP) is 1.66. The lowest BCUT2D eigenvalue weighted by molar-refractivity contribution is -0.140.